The number of carbonyl (C=O) groups excluding carboxylic acids is 2. The number of thiazole rings is 2. The van der Waals surface area contributed by atoms with E-state index < -0.39 is 0 Å². The van der Waals surface area contributed by atoms with Crippen molar-refractivity contribution in [2.75, 3.05) is 22.9 Å². The second-order valence-corrected chi connectivity index (χ2v) is 9.20. The van der Waals surface area contributed by atoms with Gasteiger partial charge >= 0.3 is 0 Å². The van der Waals surface area contributed by atoms with Gasteiger partial charge in [0.25, 0.3) is 0 Å². The van der Waals surface area contributed by atoms with Crippen LogP contribution in [0.4, 0.5) is 10.3 Å². The van der Waals surface area contributed by atoms with E-state index >= 15 is 0 Å². The highest BCUT2D eigenvalue weighted by Crippen LogP contribution is 2.41. The maximum absolute atomic E-state index is 12.2. The number of benzene rings is 1. The SMILES string of the molecule is NCC(=O)N(c1nc2cc3nc(N(C(=O)CN)C4CC4)sc3cc2s1)C1CC1. The molecule has 0 radical (unpaired) electrons. The van der Waals surface area contributed by atoms with Crippen LogP contribution in [-0.2, 0) is 9.59 Å². The van der Waals surface area contributed by atoms with E-state index in [-0.39, 0.29) is 37.0 Å². The quantitative estimate of drug-likeness (QED) is 0.633. The molecule has 2 saturated carbocycles. The first-order chi connectivity index (χ1) is 13.6. The van der Waals surface area contributed by atoms with Crippen LogP contribution in [0.5, 0.6) is 0 Å². The Balaban J connectivity index is 1.53. The minimum absolute atomic E-state index is 0.0153. The topological polar surface area (TPSA) is 118 Å². The van der Waals surface area contributed by atoms with Crippen LogP contribution < -0.4 is 21.3 Å². The zero-order valence-electron chi connectivity index (χ0n) is 15.1. The third-order valence-electron chi connectivity index (χ3n) is 5.00. The van der Waals surface area contributed by atoms with Gasteiger partial charge < -0.3 is 11.5 Å². The Kier molecular flexibility index (Phi) is 4.31. The molecular formula is C18H20N6O2S2. The predicted molar refractivity (Wildman–Crippen MR) is 112 cm³/mol. The molecule has 2 amide bonds. The Bertz CT molecular complexity index is 952. The van der Waals surface area contributed by atoms with Crippen LogP contribution in [0.15, 0.2) is 12.1 Å². The van der Waals surface area contributed by atoms with Crippen LogP contribution in [0.3, 0.4) is 0 Å². The summed E-state index contributed by atoms with van der Waals surface area (Å²) in [5, 5.41) is 1.40. The van der Waals surface area contributed by atoms with E-state index in [9.17, 15) is 9.59 Å². The number of hydrogen-bond acceptors (Lipinski definition) is 8. The molecule has 146 valence electrons. The number of hydrogen-bond donors (Lipinski definition) is 2. The molecule has 5 rings (SSSR count). The van der Waals surface area contributed by atoms with Gasteiger partial charge in [-0.05, 0) is 37.8 Å². The number of rotatable bonds is 6. The van der Waals surface area contributed by atoms with Crippen molar-refractivity contribution in [3.8, 4) is 0 Å². The molecular weight excluding hydrogens is 396 g/mol. The molecule has 0 aliphatic heterocycles. The molecule has 2 aliphatic rings. The minimum Gasteiger partial charge on any atom is -0.322 e. The van der Waals surface area contributed by atoms with Crippen LogP contribution in [0.25, 0.3) is 20.4 Å². The molecule has 10 heteroatoms. The standard InChI is InChI=1S/C18H20N6O2S2/c19-7-15(25)23(9-1-2-9)17-21-11-5-12-14(6-13(11)27-17)28-18(22-12)24(10-3-4-10)16(26)8-20/h5-6,9-10H,1-4,7-8,19-20H2. The van der Waals surface area contributed by atoms with E-state index in [2.05, 4.69) is 9.97 Å². The summed E-state index contributed by atoms with van der Waals surface area (Å²) in [6.45, 7) is -0.0305. The van der Waals surface area contributed by atoms with Crippen LogP contribution in [0, 0.1) is 0 Å². The summed E-state index contributed by atoms with van der Waals surface area (Å²) >= 11 is 2.99. The van der Waals surface area contributed by atoms with Crippen molar-refractivity contribution in [1.82, 2.24) is 9.97 Å². The molecule has 2 heterocycles. The fourth-order valence-electron chi connectivity index (χ4n) is 3.33. The molecule has 0 saturated heterocycles. The molecule has 0 bridgehead atoms. The second kappa shape index (κ2) is 6.73. The molecule has 2 fully saturated rings. The average molecular weight is 417 g/mol. The number of anilines is 2. The van der Waals surface area contributed by atoms with Crippen molar-refractivity contribution < 1.29 is 9.59 Å². The van der Waals surface area contributed by atoms with Crippen molar-refractivity contribution in [3.05, 3.63) is 12.1 Å². The summed E-state index contributed by atoms with van der Waals surface area (Å²) in [4.78, 5) is 37.3. The van der Waals surface area contributed by atoms with E-state index in [1.165, 1.54) is 22.7 Å². The van der Waals surface area contributed by atoms with Gasteiger partial charge in [0, 0.05) is 12.1 Å². The largest absolute Gasteiger partial charge is 0.322 e. The van der Waals surface area contributed by atoms with E-state index in [4.69, 9.17) is 11.5 Å². The lowest BCUT2D eigenvalue weighted by atomic mass is 10.3. The van der Waals surface area contributed by atoms with Crippen molar-refractivity contribution >= 4 is 65.2 Å². The number of fused-ring (bicyclic) bond motifs is 2. The fourth-order valence-corrected chi connectivity index (χ4v) is 5.55. The number of carbonyl (C=O) groups is 2. The molecule has 2 aliphatic carbocycles. The fraction of sp³-hybridized carbons (Fsp3) is 0.444. The number of nitrogens with two attached hydrogens (primary N) is 2. The summed E-state index contributed by atoms with van der Waals surface area (Å²) in [5.41, 5.74) is 12.8. The Hall–Kier alpha value is -2.14. The Morgan fingerprint density at radius 3 is 1.64 bits per heavy atom. The van der Waals surface area contributed by atoms with Crippen molar-refractivity contribution in [2.45, 2.75) is 37.8 Å². The average Bonchev–Trinajstić information content (AvgIpc) is 3.60. The number of aromatic nitrogens is 2. The molecule has 0 unspecified atom stereocenters. The first-order valence-electron chi connectivity index (χ1n) is 9.34. The van der Waals surface area contributed by atoms with Crippen molar-refractivity contribution in [2.24, 2.45) is 11.5 Å². The number of amides is 2. The summed E-state index contributed by atoms with van der Waals surface area (Å²) < 4.78 is 1.99. The van der Waals surface area contributed by atoms with Gasteiger partial charge in [0.15, 0.2) is 10.3 Å². The monoisotopic (exact) mass is 416 g/mol. The Morgan fingerprint density at radius 1 is 0.857 bits per heavy atom. The van der Waals surface area contributed by atoms with Gasteiger partial charge in [0.05, 0.1) is 33.5 Å². The Labute approximate surface area is 169 Å². The third kappa shape index (κ3) is 3.06. The highest BCUT2D eigenvalue weighted by Gasteiger charge is 2.36. The first kappa shape index (κ1) is 17.9. The van der Waals surface area contributed by atoms with E-state index in [1.807, 2.05) is 12.1 Å². The van der Waals surface area contributed by atoms with Gasteiger partial charge in [-0.25, -0.2) is 9.97 Å². The summed E-state index contributed by atoms with van der Waals surface area (Å²) in [6, 6.07) is 4.41. The van der Waals surface area contributed by atoms with Gasteiger partial charge in [-0.3, -0.25) is 19.4 Å². The van der Waals surface area contributed by atoms with Gasteiger partial charge in [0.1, 0.15) is 0 Å². The number of nitrogens with zero attached hydrogens (tertiary/aromatic N) is 4. The van der Waals surface area contributed by atoms with Crippen LogP contribution in [0.2, 0.25) is 0 Å². The zero-order valence-corrected chi connectivity index (χ0v) is 16.8. The van der Waals surface area contributed by atoms with Gasteiger partial charge in [-0.15, -0.1) is 0 Å². The molecule has 1 aromatic carbocycles. The highest BCUT2D eigenvalue weighted by atomic mass is 32.1. The molecule has 28 heavy (non-hydrogen) atoms. The predicted octanol–water partition coefficient (Wildman–Crippen LogP) is 1.81. The van der Waals surface area contributed by atoms with E-state index in [0.717, 1.165) is 46.1 Å². The molecule has 2 aromatic heterocycles. The van der Waals surface area contributed by atoms with E-state index in [1.54, 1.807) is 9.80 Å². The second-order valence-electron chi connectivity index (χ2n) is 7.18. The van der Waals surface area contributed by atoms with Gasteiger partial charge in [-0.1, -0.05) is 22.7 Å². The zero-order chi connectivity index (χ0) is 19.4. The first-order valence-corrected chi connectivity index (χ1v) is 11.0. The molecule has 0 atom stereocenters. The molecule has 8 nitrogen and oxygen atoms in total. The molecule has 0 spiro atoms. The highest BCUT2D eigenvalue weighted by molar-refractivity contribution is 7.24. The summed E-state index contributed by atoms with van der Waals surface area (Å²) in [6.07, 6.45) is 3.98. The normalized spacial score (nSPS) is 16.6. The van der Waals surface area contributed by atoms with Gasteiger partial charge in [0.2, 0.25) is 11.8 Å². The van der Waals surface area contributed by atoms with Crippen LogP contribution in [0.1, 0.15) is 25.7 Å². The van der Waals surface area contributed by atoms with E-state index in [0.29, 0.717) is 10.3 Å². The van der Waals surface area contributed by atoms with Crippen molar-refractivity contribution in [3.63, 3.8) is 0 Å². The van der Waals surface area contributed by atoms with Crippen molar-refractivity contribution in [1.29, 1.82) is 0 Å². The lowest BCUT2D eigenvalue weighted by Crippen LogP contribution is -2.37. The minimum atomic E-state index is -0.0934. The van der Waals surface area contributed by atoms with Gasteiger partial charge in [-0.2, -0.15) is 0 Å². The lowest BCUT2D eigenvalue weighted by molar-refractivity contribution is -0.118. The van der Waals surface area contributed by atoms with Crippen LogP contribution in [-0.4, -0.2) is 47.0 Å². The van der Waals surface area contributed by atoms with Crippen LogP contribution >= 0.6 is 22.7 Å². The maximum Gasteiger partial charge on any atom is 0.242 e. The Morgan fingerprint density at radius 2 is 1.29 bits per heavy atom. The summed E-state index contributed by atoms with van der Waals surface area (Å²) in [7, 11) is 0. The summed E-state index contributed by atoms with van der Waals surface area (Å²) in [5.74, 6) is -0.187. The third-order valence-corrected chi connectivity index (χ3v) is 7.03. The smallest absolute Gasteiger partial charge is 0.242 e. The molecule has 3 aromatic rings. The molecule has 4 N–H and O–H groups in total. The lowest BCUT2D eigenvalue weighted by Gasteiger charge is -2.18. The maximum atomic E-state index is 12.2.